The molecule has 32 heavy (non-hydrogen) atoms. The SMILES string of the molecule is O=C(Nc1cccc(N=Cc2cc(Cc3ccccc3Cl)cc(Br)c2O)c1)c1ccco1. The molecule has 0 radical (unpaired) electrons. The molecule has 0 aliphatic heterocycles. The third-order valence-electron chi connectivity index (χ3n) is 4.71. The molecule has 0 unspecified atom stereocenters. The molecule has 4 rings (SSSR count). The molecule has 2 N–H and O–H groups in total. The zero-order valence-electron chi connectivity index (χ0n) is 16.8. The van der Waals surface area contributed by atoms with E-state index in [1.54, 1.807) is 42.6 Å². The zero-order chi connectivity index (χ0) is 22.5. The number of rotatable bonds is 6. The summed E-state index contributed by atoms with van der Waals surface area (Å²) in [5.74, 6) is -0.0204. The maximum Gasteiger partial charge on any atom is 0.291 e. The van der Waals surface area contributed by atoms with Gasteiger partial charge in [-0.05, 0) is 82.0 Å². The molecule has 0 bridgehead atoms. The lowest BCUT2D eigenvalue weighted by atomic mass is 10.0. The highest BCUT2D eigenvalue weighted by molar-refractivity contribution is 9.10. The van der Waals surface area contributed by atoms with Crippen molar-refractivity contribution in [1.82, 2.24) is 0 Å². The number of nitrogens with zero attached hydrogens (tertiary/aromatic N) is 1. The average molecular weight is 510 g/mol. The normalized spacial score (nSPS) is 11.1. The molecule has 3 aromatic carbocycles. The van der Waals surface area contributed by atoms with Crippen LogP contribution in [-0.4, -0.2) is 17.2 Å². The number of furan rings is 1. The molecular formula is C25H18BrClN2O3. The molecule has 0 aliphatic carbocycles. The second kappa shape index (κ2) is 9.85. The van der Waals surface area contributed by atoms with E-state index in [0.29, 0.717) is 32.9 Å². The fourth-order valence-corrected chi connectivity index (χ4v) is 3.87. The first-order valence-corrected chi connectivity index (χ1v) is 10.9. The molecule has 0 saturated carbocycles. The highest BCUT2D eigenvalue weighted by Crippen LogP contribution is 2.31. The summed E-state index contributed by atoms with van der Waals surface area (Å²) in [6, 6.07) is 21.7. The van der Waals surface area contributed by atoms with Crippen molar-refractivity contribution < 1.29 is 14.3 Å². The summed E-state index contributed by atoms with van der Waals surface area (Å²) in [4.78, 5) is 16.6. The zero-order valence-corrected chi connectivity index (χ0v) is 19.1. The number of anilines is 1. The minimum absolute atomic E-state index is 0.0962. The second-order valence-corrected chi connectivity index (χ2v) is 8.29. The van der Waals surface area contributed by atoms with Crippen LogP contribution in [0.15, 0.2) is 92.9 Å². The van der Waals surface area contributed by atoms with Crippen molar-refractivity contribution in [3.05, 3.63) is 111 Å². The van der Waals surface area contributed by atoms with Gasteiger partial charge >= 0.3 is 0 Å². The highest BCUT2D eigenvalue weighted by Gasteiger charge is 2.10. The van der Waals surface area contributed by atoms with Gasteiger partial charge in [-0.25, -0.2) is 0 Å². The van der Waals surface area contributed by atoms with E-state index in [0.717, 1.165) is 11.1 Å². The summed E-state index contributed by atoms with van der Waals surface area (Å²) in [6.45, 7) is 0. The number of halogens is 2. The Labute approximate surface area is 198 Å². The number of phenols is 1. The molecule has 5 nitrogen and oxygen atoms in total. The van der Waals surface area contributed by atoms with E-state index in [2.05, 4.69) is 26.2 Å². The van der Waals surface area contributed by atoms with E-state index < -0.39 is 0 Å². The number of aromatic hydroxyl groups is 1. The van der Waals surface area contributed by atoms with E-state index in [9.17, 15) is 9.90 Å². The maximum absolute atomic E-state index is 12.2. The Morgan fingerprint density at radius 3 is 2.72 bits per heavy atom. The summed E-state index contributed by atoms with van der Waals surface area (Å²) in [5.41, 5.74) is 3.73. The average Bonchev–Trinajstić information content (AvgIpc) is 3.32. The van der Waals surface area contributed by atoms with Gasteiger partial charge in [-0.15, -0.1) is 0 Å². The lowest BCUT2D eigenvalue weighted by Crippen LogP contribution is -2.10. The van der Waals surface area contributed by atoms with Gasteiger partial charge in [0.15, 0.2) is 5.76 Å². The Morgan fingerprint density at radius 2 is 1.94 bits per heavy atom. The number of nitrogens with one attached hydrogen (secondary N) is 1. The third kappa shape index (κ3) is 5.28. The minimum Gasteiger partial charge on any atom is -0.506 e. The topological polar surface area (TPSA) is 74.8 Å². The predicted octanol–water partition coefficient (Wildman–Crippen LogP) is 6.99. The number of carbonyl (C=O) groups is 1. The summed E-state index contributed by atoms with van der Waals surface area (Å²) >= 11 is 9.70. The van der Waals surface area contributed by atoms with Gasteiger partial charge in [0.1, 0.15) is 5.75 Å². The number of aliphatic imine (C=N–C) groups is 1. The van der Waals surface area contributed by atoms with Gasteiger partial charge in [-0.3, -0.25) is 9.79 Å². The molecular weight excluding hydrogens is 492 g/mol. The van der Waals surface area contributed by atoms with Crippen molar-refractivity contribution in [3.63, 3.8) is 0 Å². The van der Waals surface area contributed by atoms with Crippen LogP contribution >= 0.6 is 27.5 Å². The van der Waals surface area contributed by atoms with Crippen LogP contribution < -0.4 is 5.32 Å². The highest BCUT2D eigenvalue weighted by atomic mass is 79.9. The molecule has 0 saturated heterocycles. The first-order valence-electron chi connectivity index (χ1n) is 9.73. The van der Waals surface area contributed by atoms with Crippen LogP contribution in [0.25, 0.3) is 0 Å². The van der Waals surface area contributed by atoms with Crippen molar-refractivity contribution in [2.24, 2.45) is 4.99 Å². The minimum atomic E-state index is -0.343. The van der Waals surface area contributed by atoms with Crippen LogP contribution in [0.4, 0.5) is 11.4 Å². The quantitative estimate of drug-likeness (QED) is 0.275. The lowest BCUT2D eigenvalue weighted by molar-refractivity contribution is 0.0996. The Hall–Kier alpha value is -3.35. The van der Waals surface area contributed by atoms with Gasteiger partial charge in [0.05, 0.1) is 16.4 Å². The standard InChI is InChI=1S/C25H18BrClN2O3/c26-21-13-16(11-17-5-1-2-8-22(17)27)12-18(24(21)30)15-28-19-6-3-7-20(14-19)29-25(31)23-9-4-10-32-23/h1-10,12-15,30H,11H2,(H,29,31). The number of amides is 1. The molecule has 1 aromatic heterocycles. The third-order valence-corrected chi connectivity index (χ3v) is 5.68. The van der Waals surface area contributed by atoms with Gasteiger partial charge in [-0.2, -0.15) is 0 Å². The van der Waals surface area contributed by atoms with E-state index >= 15 is 0 Å². The fourth-order valence-electron chi connectivity index (χ4n) is 3.15. The van der Waals surface area contributed by atoms with E-state index in [1.807, 2.05) is 36.4 Å². The number of carbonyl (C=O) groups excluding carboxylic acids is 1. The Kier molecular flexibility index (Phi) is 6.73. The van der Waals surface area contributed by atoms with Crippen molar-refractivity contribution >= 4 is 51.0 Å². The molecule has 160 valence electrons. The van der Waals surface area contributed by atoms with Gasteiger partial charge in [0.25, 0.3) is 5.91 Å². The molecule has 7 heteroatoms. The predicted molar refractivity (Wildman–Crippen MR) is 130 cm³/mol. The first-order chi connectivity index (χ1) is 15.5. The van der Waals surface area contributed by atoms with Crippen LogP contribution in [0, 0.1) is 0 Å². The molecule has 0 aliphatic rings. The van der Waals surface area contributed by atoms with Crippen LogP contribution in [0.1, 0.15) is 27.2 Å². The van der Waals surface area contributed by atoms with Crippen LogP contribution in [0.3, 0.4) is 0 Å². The number of benzene rings is 3. The summed E-state index contributed by atoms with van der Waals surface area (Å²) in [7, 11) is 0. The molecule has 0 spiro atoms. The largest absolute Gasteiger partial charge is 0.506 e. The van der Waals surface area contributed by atoms with Gasteiger partial charge in [0.2, 0.25) is 0 Å². The molecule has 0 atom stereocenters. The Bertz CT molecular complexity index is 1290. The van der Waals surface area contributed by atoms with Gasteiger partial charge < -0.3 is 14.8 Å². The second-order valence-electron chi connectivity index (χ2n) is 7.02. The van der Waals surface area contributed by atoms with Crippen molar-refractivity contribution in [1.29, 1.82) is 0 Å². The van der Waals surface area contributed by atoms with Crippen LogP contribution in [0.5, 0.6) is 5.75 Å². The van der Waals surface area contributed by atoms with Crippen molar-refractivity contribution in [2.45, 2.75) is 6.42 Å². The van der Waals surface area contributed by atoms with Crippen molar-refractivity contribution in [3.8, 4) is 5.75 Å². The van der Waals surface area contributed by atoms with E-state index in [4.69, 9.17) is 16.0 Å². The van der Waals surface area contributed by atoms with Gasteiger partial charge in [0, 0.05) is 22.5 Å². The van der Waals surface area contributed by atoms with Crippen LogP contribution in [-0.2, 0) is 6.42 Å². The monoisotopic (exact) mass is 508 g/mol. The molecule has 0 fully saturated rings. The summed E-state index contributed by atoms with van der Waals surface area (Å²) in [6.07, 6.45) is 3.65. The molecule has 4 aromatic rings. The maximum atomic E-state index is 12.2. The number of hydrogen-bond acceptors (Lipinski definition) is 4. The Balaban J connectivity index is 1.54. The van der Waals surface area contributed by atoms with Gasteiger partial charge in [-0.1, -0.05) is 35.9 Å². The lowest BCUT2D eigenvalue weighted by Gasteiger charge is -2.09. The fraction of sp³-hybridized carbons (Fsp3) is 0.0400. The summed E-state index contributed by atoms with van der Waals surface area (Å²) < 4.78 is 5.68. The smallest absolute Gasteiger partial charge is 0.291 e. The number of phenolic OH excluding ortho intramolecular Hbond substituents is 1. The molecule has 1 heterocycles. The van der Waals surface area contributed by atoms with Crippen LogP contribution in [0.2, 0.25) is 5.02 Å². The van der Waals surface area contributed by atoms with E-state index in [-0.39, 0.29) is 17.4 Å². The molecule has 1 amide bonds. The first kappa shape index (κ1) is 21.9. The van der Waals surface area contributed by atoms with Crippen molar-refractivity contribution in [2.75, 3.05) is 5.32 Å². The Morgan fingerprint density at radius 1 is 1.09 bits per heavy atom. The summed E-state index contributed by atoms with van der Waals surface area (Å²) in [5, 5.41) is 13.9. The number of hydrogen-bond donors (Lipinski definition) is 2. The van der Waals surface area contributed by atoms with E-state index in [1.165, 1.54) is 6.26 Å².